The molecule has 1 amide bonds. The van der Waals surface area contributed by atoms with Crippen LogP contribution in [-0.2, 0) is 0 Å². The van der Waals surface area contributed by atoms with E-state index in [1.165, 1.54) is 10.9 Å². The van der Waals surface area contributed by atoms with Gasteiger partial charge in [-0.2, -0.15) is 9.78 Å². The van der Waals surface area contributed by atoms with Crippen LogP contribution in [0.2, 0.25) is 0 Å². The molecular weight excluding hydrogens is 494 g/mol. The maximum atomic E-state index is 13.7. The van der Waals surface area contributed by atoms with E-state index >= 15 is 0 Å². The maximum absolute atomic E-state index is 13.7. The van der Waals surface area contributed by atoms with Crippen LogP contribution >= 0.6 is 0 Å². The second-order valence-corrected chi connectivity index (χ2v) is 9.36. The average Bonchev–Trinajstić information content (AvgIpc) is 2.93. The molecule has 0 saturated carbocycles. The summed E-state index contributed by atoms with van der Waals surface area (Å²) in [4.78, 5) is 28.2. The van der Waals surface area contributed by atoms with Crippen LogP contribution in [0.15, 0.2) is 77.7 Å². The highest BCUT2D eigenvalue weighted by atomic mass is 16.5. The number of benzene rings is 3. The molecule has 39 heavy (non-hydrogen) atoms. The normalized spacial score (nSPS) is 10.8. The van der Waals surface area contributed by atoms with Crippen LogP contribution in [0.5, 0.6) is 17.2 Å². The topological polar surface area (TPSA) is 97.7 Å². The summed E-state index contributed by atoms with van der Waals surface area (Å²) in [6.07, 6.45) is 1.52. The number of nitrogens with one attached hydrogen (secondary N) is 2. The molecule has 4 aromatic rings. The summed E-state index contributed by atoms with van der Waals surface area (Å²) in [7, 11) is 5.48. The van der Waals surface area contributed by atoms with E-state index in [9.17, 15) is 9.59 Å². The highest BCUT2D eigenvalue weighted by Crippen LogP contribution is 2.32. The van der Waals surface area contributed by atoms with E-state index in [0.717, 1.165) is 17.7 Å². The number of likely N-dealkylation sites (N-methyl/N-ethyl adjacent to an activating group) is 1. The molecule has 0 spiro atoms. The molecule has 0 aliphatic rings. The minimum atomic E-state index is -0.395. The Kier molecular flexibility index (Phi) is 8.63. The van der Waals surface area contributed by atoms with Crippen molar-refractivity contribution in [1.29, 1.82) is 0 Å². The number of carbonyl (C=O) groups is 1. The van der Waals surface area contributed by atoms with Gasteiger partial charge in [-0.3, -0.25) is 9.59 Å². The fourth-order valence-corrected chi connectivity index (χ4v) is 3.84. The van der Waals surface area contributed by atoms with Crippen LogP contribution in [-0.4, -0.2) is 54.9 Å². The van der Waals surface area contributed by atoms with Crippen molar-refractivity contribution in [3.05, 3.63) is 100.0 Å². The molecular formula is C30H33N5O4. The van der Waals surface area contributed by atoms with E-state index in [0.29, 0.717) is 35.0 Å². The Morgan fingerprint density at radius 2 is 1.69 bits per heavy atom. The van der Waals surface area contributed by atoms with E-state index in [1.807, 2.05) is 51.0 Å². The van der Waals surface area contributed by atoms with Gasteiger partial charge in [0.05, 0.1) is 19.0 Å². The standard InChI is InChI=1S/C30H33N5O4/c1-20-7-6-8-26(21(20)2)39-27-19-32-35(24-13-15-25(38-5)16-14-24)30(37)28(27)33-23-11-9-22(10-12-23)29(36)31-17-18-34(3)4/h6-16,19,33H,17-18H2,1-5H3,(H,31,36). The van der Waals surface area contributed by atoms with E-state index in [1.54, 1.807) is 55.6 Å². The predicted octanol–water partition coefficient (Wildman–Crippen LogP) is 4.69. The first-order chi connectivity index (χ1) is 18.8. The van der Waals surface area contributed by atoms with Gasteiger partial charge in [0.2, 0.25) is 0 Å². The third kappa shape index (κ3) is 6.63. The predicted molar refractivity (Wildman–Crippen MR) is 153 cm³/mol. The van der Waals surface area contributed by atoms with Crippen LogP contribution in [0, 0.1) is 13.8 Å². The zero-order valence-corrected chi connectivity index (χ0v) is 22.8. The first-order valence-corrected chi connectivity index (χ1v) is 12.6. The smallest absolute Gasteiger partial charge is 0.299 e. The van der Waals surface area contributed by atoms with Gasteiger partial charge in [-0.1, -0.05) is 12.1 Å². The van der Waals surface area contributed by atoms with Crippen LogP contribution in [0.4, 0.5) is 11.4 Å². The highest BCUT2D eigenvalue weighted by Gasteiger charge is 2.17. The van der Waals surface area contributed by atoms with E-state index in [2.05, 4.69) is 15.7 Å². The van der Waals surface area contributed by atoms with Crippen molar-refractivity contribution >= 4 is 17.3 Å². The molecule has 0 unspecified atom stereocenters. The summed E-state index contributed by atoms with van der Waals surface area (Å²) < 4.78 is 12.7. The van der Waals surface area contributed by atoms with Gasteiger partial charge in [-0.15, -0.1) is 0 Å². The molecule has 0 aliphatic heterocycles. The number of ether oxygens (including phenoxy) is 2. The van der Waals surface area contributed by atoms with Gasteiger partial charge >= 0.3 is 0 Å². The molecule has 9 nitrogen and oxygen atoms in total. The van der Waals surface area contributed by atoms with Crippen molar-refractivity contribution in [2.24, 2.45) is 0 Å². The number of rotatable bonds is 10. The molecule has 0 atom stereocenters. The van der Waals surface area contributed by atoms with Gasteiger partial charge in [0.1, 0.15) is 11.5 Å². The number of carbonyl (C=O) groups excluding carboxylic acids is 1. The molecule has 1 heterocycles. The third-order valence-electron chi connectivity index (χ3n) is 6.30. The zero-order chi connectivity index (χ0) is 27.9. The minimum Gasteiger partial charge on any atom is -0.497 e. The summed E-state index contributed by atoms with van der Waals surface area (Å²) >= 11 is 0. The molecule has 1 aromatic heterocycles. The molecule has 0 bridgehead atoms. The zero-order valence-electron chi connectivity index (χ0n) is 22.8. The molecule has 0 saturated heterocycles. The number of nitrogens with zero attached hydrogens (tertiary/aromatic N) is 3. The maximum Gasteiger partial charge on any atom is 0.299 e. The molecule has 202 valence electrons. The Balaban J connectivity index is 1.67. The van der Waals surface area contributed by atoms with Crippen molar-refractivity contribution in [2.75, 3.05) is 39.6 Å². The molecule has 4 rings (SSSR count). The second kappa shape index (κ2) is 12.3. The molecule has 0 radical (unpaired) electrons. The van der Waals surface area contributed by atoms with Crippen molar-refractivity contribution in [3.8, 4) is 22.9 Å². The molecule has 2 N–H and O–H groups in total. The Hall–Kier alpha value is -4.63. The molecule has 3 aromatic carbocycles. The van der Waals surface area contributed by atoms with E-state index < -0.39 is 5.56 Å². The number of anilines is 2. The third-order valence-corrected chi connectivity index (χ3v) is 6.30. The van der Waals surface area contributed by atoms with Crippen LogP contribution < -0.4 is 25.7 Å². The lowest BCUT2D eigenvalue weighted by Crippen LogP contribution is -2.31. The first kappa shape index (κ1) is 27.4. The lowest BCUT2D eigenvalue weighted by molar-refractivity contribution is 0.0951. The lowest BCUT2D eigenvalue weighted by atomic mass is 10.1. The number of hydrogen-bond acceptors (Lipinski definition) is 7. The van der Waals surface area contributed by atoms with Crippen molar-refractivity contribution in [2.45, 2.75) is 13.8 Å². The molecule has 0 aliphatic carbocycles. The van der Waals surface area contributed by atoms with E-state index in [4.69, 9.17) is 9.47 Å². The number of hydrogen-bond donors (Lipinski definition) is 2. The summed E-state index contributed by atoms with van der Waals surface area (Å²) in [6, 6.07) is 19.7. The largest absolute Gasteiger partial charge is 0.497 e. The summed E-state index contributed by atoms with van der Waals surface area (Å²) in [5.74, 6) is 1.43. The number of methoxy groups -OCH3 is 1. The Morgan fingerprint density at radius 3 is 2.36 bits per heavy atom. The molecule has 9 heteroatoms. The Labute approximate surface area is 228 Å². The van der Waals surface area contributed by atoms with Crippen LogP contribution in [0.3, 0.4) is 0 Å². The summed E-state index contributed by atoms with van der Waals surface area (Å²) in [5.41, 5.74) is 3.57. The number of amides is 1. The quantitative estimate of drug-likeness (QED) is 0.309. The first-order valence-electron chi connectivity index (χ1n) is 12.6. The average molecular weight is 528 g/mol. The highest BCUT2D eigenvalue weighted by molar-refractivity contribution is 5.94. The van der Waals surface area contributed by atoms with Gasteiger partial charge in [0.25, 0.3) is 11.5 Å². The Bertz CT molecular complexity index is 1500. The van der Waals surface area contributed by atoms with E-state index in [-0.39, 0.29) is 17.3 Å². The van der Waals surface area contributed by atoms with Crippen molar-refractivity contribution in [1.82, 2.24) is 20.0 Å². The van der Waals surface area contributed by atoms with Crippen LogP contribution in [0.25, 0.3) is 5.69 Å². The molecule has 0 fully saturated rings. The van der Waals surface area contributed by atoms with Gasteiger partial charge in [-0.05, 0) is 93.7 Å². The monoisotopic (exact) mass is 527 g/mol. The van der Waals surface area contributed by atoms with Gasteiger partial charge in [0.15, 0.2) is 11.4 Å². The fraction of sp³-hybridized carbons (Fsp3) is 0.233. The second-order valence-electron chi connectivity index (χ2n) is 9.36. The van der Waals surface area contributed by atoms with Gasteiger partial charge < -0.3 is 25.0 Å². The fourth-order valence-electron chi connectivity index (χ4n) is 3.84. The van der Waals surface area contributed by atoms with Gasteiger partial charge in [0, 0.05) is 24.3 Å². The number of aromatic nitrogens is 2. The van der Waals surface area contributed by atoms with Crippen molar-refractivity contribution < 1.29 is 14.3 Å². The lowest BCUT2D eigenvalue weighted by Gasteiger charge is -2.16. The van der Waals surface area contributed by atoms with Crippen LogP contribution in [0.1, 0.15) is 21.5 Å². The Morgan fingerprint density at radius 1 is 0.974 bits per heavy atom. The summed E-state index contributed by atoms with van der Waals surface area (Å²) in [6.45, 7) is 5.26. The minimum absolute atomic E-state index is 0.159. The SMILES string of the molecule is COc1ccc(-n2ncc(Oc3cccc(C)c3C)c(Nc3ccc(C(=O)NCCN(C)C)cc3)c2=O)cc1. The summed E-state index contributed by atoms with van der Waals surface area (Å²) in [5, 5.41) is 10.5. The van der Waals surface area contributed by atoms with Crippen molar-refractivity contribution in [3.63, 3.8) is 0 Å². The number of aryl methyl sites for hydroxylation is 1. The van der Waals surface area contributed by atoms with Gasteiger partial charge in [-0.25, -0.2) is 0 Å².